The van der Waals surface area contributed by atoms with Crippen LogP contribution in [0.4, 0.5) is 4.39 Å². The van der Waals surface area contributed by atoms with Crippen LogP contribution >= 0.6 is 0 Å². The Balaban J connectivity index is 2.23. The van der Waals surface area contributed by atoms with Crippen molar-refractivity contribution in [2.75, 3.05) is 0 Å². The highest BCUT2D eigenvalue weighted by molar-refractivity contribution is 6.12. The van der Waals surface area contributed by atoms with Crippen LogP contribution in [0.1, 0.15) is 11.1 Å². The van der Waals surface area contributed by atoms with Crippen LogP contribution in [0.2, 0.25) is 0 Å². The molecule has 2 aromatic heterocycles. The van der Waals surface area contributed by atoms with E-state index in [-0.39, 0.29) is 5.58 Å². The van der Waals surface area contributed by atoms with E-state index >= 15 is 0 Å². The SMILES string of the molecule is Cc1ccc2c(oc3c(F)ccc(C#N)c32)c1-c1cccc[n+]1C. The average Bonchev–Trinajstić information content (AvgIpc) is 2.97. The lowest BCUT2D eigenvalue weighted by Gasteiger charge is -2.05. The van der Waals surface area contributed by atoms with Crippen LogP contribution in [-0.2, 0) is 7.05 Å². The Bertz CT molecular complexity index is 1150. The van der Waals surface area contributed by atoms with E-state index in [0.29, 0.717) is 16.5 Å². The normalized spacial score (nSPS) is 11.1. The van der Waals surface area contributed by atoms with Gasteiger partial charge < -0.3 is 4.42 Å². The Morgan fingerprint density at radius 1 is 1.08 bits per heavy atom. The van der Waals surface area contributed by atoms with Crippen LogP contribution < -0.4 is 4.57 Å². The van der Waals surface area contributed by atoms with Gasteiger partial charge in [-0.05, 0) is 30.7 Å². The van der Waals surface area contributed by atoms with Crippen molar-refractivity contribution in [2.24, 2.45) is 7.05 Å². The summed E-state index contributed by atoms with van der Waals surface area (Å²) >= 11 is 0. The molecule has 0 saturated carbocycles. The van der Waals surface area contributed by atoms with Crippen molar-refractivity contribution in [3.63, 3.8) is 0 Å². The molecule has 0 atom stereocenters. The molecule has 4 heteroatoms. The van der Waals surface area contributed by atoms with Gasteiger partial charge in [0.2, 0.25) is 5.69 Å². The Kier molecular flexibility index (Phi) is 3.10. The van der Waals surface area contributed by atoms with Gasteiger partial charge in [0.05, 0.1) is 17.2 Å². The highest BCUT2D eigenvalue weighted by Crippen LogP contribution is 2.38. The minimum absolute atomic E-state index is 0.134. The zero-order valence-corrected chi connectivity index (χ0v) is 13.3. The lowest BCUT2D eigenvalue weighted by Crippen LogP contribution is -2.30. The summed E-state index contributed by atoms with van der Waals surface area (Å²) in [6.07, 6.45) is 1.96. The molecule has 2 heterocycles. The van der Waals surface area contributed by atoms with E-state index in [4.69, 9.17) is 4.42 Å². The predicted molar refractivity (Wildman–Crippen MR) is 89.7 cm³/mol. The summed E-state index contributed by atoms with van der Waals surface area (Å²) in [5, 5.41) is 10.7. The van der Waals surface area contributed by atoms with Crippen molar-refractivity contribution >= 4 is 21.9 Å². The van der Waals surface area contributed by atoms with Crippen LogP contribution in [0.15, 0.2) is 53.1 Å². The van der Waals surface area contributed by atoms with Crippen molar-refractivity contribution < 1.29 is 13.4 Å². The summed E-state index contributed by atoms with van der Waals surface area (Å²) in [5.74, 6) is -0.457. The molecule has 0 spiro atoms. The summed E-state index contributed by atoms with van der Waals surface area (Å²) in [6.45, 7) is 2.00. The fourth-order valence-corrected chi connectivity index (χ4v) is 3.21. The van der Waals surface area contributed by atoms with Gasteiger partial charge in [-0.25, -0.2) is 8.96 Å². The first-order valence-electron chi connectivity index (χ1n) is 7.61. The molecule has 0 bridgehead atoms. The summed E-state index contributed by atoms with van der Waals surface area (Å²) in [4.78, 5) is 0. The number of pyridine rings is 1. The minimum Gasteiger partial charge on any atom is -0.452 e. The van der Waals surface area contributed by atoms with Gasteiger partial charge >= 0.3 is 0 Å². The molecule has 0 aliphatic heterocycles. The number of nitrogens with zero attached hydrogens (tertiary/aromatic N) is 2. The van der Waals surface area contributed by atoms with Crippen molar-refractivity contribution in [1.29, 1.82) is 5.26 Å². The largest absolute Gasteiger partial charge is 0.452 e. The van der Waals surface area contributed by atoms with Crippen molar-refractivity contribution in [2.45, 2.75) is 6.92 Å². The number of rotatable bonds is 1. The molecule has 0 amide bonds. The van der Waals surface area contributed by atoms with Crippen LogP contribution in [0, 0.1) is 24.1 Å². The molecule has 4 rings (SSSR count). The Labute approximate surface area is 138 Å². The third kappa shape index (κ3) is 1.92. The fraction of sp³-hybridized carbons (Fsp3) is 0.100. The molecule has 24 heavy (non-hydrogen) atoms. The smallest absolute Gasteiger partial charge is 0.216 e. The van der Waals surface area contributed by atoms with Gasteiger partial charge in [-0.2, -0.15) is 5.26 Å². The number of hydrogen-bond donors (Lipinski definition) is 0. The number of nitriles is 1. The molecule has 0 aliphatic carbocycles. The number of hydrogen-bond acceptors (Lipinski definition) is 2. The van der Waals surface area contributed by atoms with E-state index in [1.807, 2.05) is 55.1 Å². The standard InChI is InChI=1S/C20H14FN2O/c1-12-6-8-14-18-13(11-22)7-9-15(21)20(18)24-19(14)17(12)16-5-3-4-10-23(16)2/h3-10H,1-2H3/q+1. The maximum Gasteiger partial charge on any atom is 0.216 e. The van der Waals surface area contributed by atoms with Crippen molar-refractivity contribution in [3.05, 3.63) is 65.6 Å². The van der Waals surface area contributed by atoms with Crippen molar-refractivity contribution in [3.8, 4) is 17.3 Å². The summed E-state index contributed by atoms with van der Waals surface area (Å²) in [7, 11) is 1.96. The van der Waals surface area contributed by atoms with E-state index in [1.54, 1.807) is 0 Å². The lowest BCUT2D eigenvalue weighted by molar-refractivity contribution is -0.660. The summed E-state index contributed by atoms with van der Waals surface area (Å²) in [6, 6.07) is 14.7. The molecule has 116 valence electrons. The molecular weight excluding hydrogens is 303 g/mol. The second-order valence-corrected chi connectivity index (χ2v) is 5.84. The number of aromatic nitrogens is 1. The van der Waals surface area contributed by atoms with E-state index in [1.165, 1.54) is 12.1 Å². The van der Waals surface area contributed by atoms with Gasteiger partial charge in [0.25, 0.3) is 0 Å². The lowest BCUT2D eigenvalue weighted by atomic mass is 9.99. The maximum atomic E-state index is 14.2. The quantitative estimate of drug-likeness (QED) is 0.488. The number of fused-ring (bicyclic) bond motifs is 3. The molecule has 0 radical (unpaired) electrons. The summed E-state index contributed by atoms with van der Waals surface area (Å²) < 4.78 is 22.2. The first-order chi connectivity index (χ1) is 11.6. The molecule has 0 N–H and O–H groups in total. The highest BCUT2D eigenvalue weighted by Gasteiger charge is 2.22. The zero-order chi connectivity index (χ0) is 16.8. The van der Waals surface area contributed by atoms with Crippen LogP contribution in [0.25, 0.3) is 33.2 Å². The molecule has 0 saturated heterocycles. The van der Waals surface area contributed by atoms with E-state index in [0.717, 1.165) is 22.2 Å². The van der Waals surface area contributed by atoms with Crippen LogP contribution in [-0.4, -0.2) is 0 Å². The molecule has 2 aromatic carbocycles. The average molecular weight is 317 g/mol. The Hall–Kier alpha value is -3.19. The topological polar surface area (TPSA) is 40.8 Å². The Morgan fingerprint density at radius 3 is 2.67 bits per heavy atom. The van der Waals surface area contributed by atoms with Gasteiger partial charge in [-0.3, -0.25) is 0 Å². The number of benzene rings is 2. The molecule has 0 aliphatic rings. The molecule has 3 nitrogen and oxygen atoms in total. The second-order valence-electron chi connectivity index (χ2n) is 5.84. The predicted octanol–water partition coefficient (Wildman–Crippen LogP) is 4.40. The van der Waals surface area contributed by atoms with Gasteiger partial charge in [0, 0.05) is 22.9 Å². The third-order valence-electron chi connectivity index (χ3n) is 4.38. The molecule has 0 fully saturated rings. The number of halogens is 1. The van der Waals surface area contributed by atoms with Gasteiger partial charge in [0.15, 0.2) is 17.6 Å². The molecule has 4 aromatic rings. The van der Waals surface area contributed by atoms with Gasteiger partial charge in [0.1, 0.15) is 12.6 Å². The molecule has 0 unspecified atom stereocenters. The van der Waals surface area contributed by atoms with E-state index in [2.05, 4.69) is 6.07 Å². The van der Waals surface area contributed by atoms with E-state index in [9.17, 15) is 9.65 Å². The van der Waals surface area contributed by atoms with Gasteiger partial charge in [-0.1, -0.05) is 12.1 Å². The third-order valence-corrected chi connectivity index (χ3v) is 4.38. The first-order valence-corrected chi connectivity index (χ1v) is 7.61. The number of furan rings is 1. The van der Waals surface area contributed by atoms with E-state index < -0.39 is 5.82 Å². The van der Waals surface area contributed by atoms with Crippen LogP contribution in [0.5, 0.6) is 0 Å². The first kappa shape index (κ1) is 14.4. The second kappa shape index (κ2) is 5.17. The van der Waals surface area contributed by atoms with Crippen LogP contribution in [0.3, 0.4) is 0 Å². The maximum absolute atomic E-state index is 14.2. The Morgan fingerprint density at radius 2 is 1.92 bits per heavy atom. The monoisotopic (exact) mass is 317 g/mol. The van der Waals surface area contributed by atoms with Gasteiger partial charge in [-0.15, -0.1) is 0 Å². The minimum atomic E-state index is -0.457. The van der Waals surface area contributed by atoms with Crippen molar-refractivity contribution in [1.82, 2.24) is 0 Å². The highest BCUT2D eigenvalue weighted by atomic mass is 19.1. The fourth-order valence-electron chi connectivity index (χ4n) is 3.21. The zero-order valence-electron chi connectivity index (χ0n) is 13.3. The molecular formula is C20H14FN2O+. The number of aryl methyl sites for hydroxylation is 2. The summed E-state index contributed by atoms with van der Waals surface area (Å²) in [5.41, 5.74) is 4.07.